The molecule has 0 bridgehead atoms. The maximum Gasteiger partial charge on any atom is 0.416 e. The number of rotatable bonds is 1. The Kier molecular flexibility index (Phi) is 3.41. The molecule has 0 amide bonds. The van der Waals surface area contributed by atoms with Gasteiger partial charge in [-0.2, -0.15) is 13.2 Å². The van der Waals surface area contributed by atoms with E-state index >= 15 is 0 Å². The number of nitrogens with one attached hydrogen (secondary N) is 1. The van der Waals surface area contributed by atoms with Gasteiger partial charge < -0.3 is 5.32 Å². The van der Waals surface area contributed by atoms with Gasteiger partial charge in [0.25, 0.3) is 5.56 Å². The average Bonchev–Trinajstić information content (AvgIpc) is 2.90. The van der Waals surface area contributed by atoms with Gasteiger partial charge in [0.2, 0.25) is 5.28 Å². The maximum absolute atomic E-state index is 12.7. The van der Waals surface area contributed by atoms with Crippen molar-refractivity contribution >= 4 is 22.5 Å². The molecular weight excluding hydrogens is 307 g/mol. The first-order chi connectivity index (χ1) is 9.88. The maximum atomic E-state index is 12.7. The molecule has 0 aliphatic carbocycles. The van der Waals surface area contributed by atoms with Crippen LogP contribution in [0.2, 0.25) is 5.28 Å². The first-order valence-corrected chi connectivity index (χ1v) is 6.75. The molecule has 1 atom stereocenters. The number of fused-ring (bicyclic) bond motifs is 1. The van der Waals surface area contributed by atoms with Crippen LogP contribution in [0.25, 0.3) is 10.9 Å². The number of hydrogen-bond donors (Lipinski definition) is 1. The van der Waals surface area contributed by atoms with E-state index in [9.17, 15) is 18.0 Å². The minimum atomic E-state index is -4.48. The Bertz CT molecular complexity index is 751. The smallest absolute Gasteiger partial charge is 0.315 e. The van der Waals surface area contributed by atoms with E-state index in [1.807, 2.05) is 0 Å². The van der Waals surface area contributed by atoms with Crippen molar-refractivity contribution in [2.24, 2.45) is 0 Å². The molecule has 3 rings (SSSR count). The van der Waals surface area contributed by atoms with Gasteiger partial charge in [0.1, 0.15) is 0 Å². The zero-order chi connectivity index (χ0) is 15.2. The van der Waals surface area contributed by atoms with Crippen molar-refractivity contribution < 1.29 is 13.2 Å². The van der Waals surface area contributed by atoms with Crippen LogP contribution in [-0.2, 0) is 6.18 Å². The Labute approximate surface area is 122 Å². The summed E-state index contributed by atoms with van der Waals surface area (Å²) in [6.45, 7) is 1.35. The minimum Gasteiger partial charge on any atom is -0.315 e. The van der Waals surface area contributed by atoms with Crippen LogP contribution in [0.15, 0.2) is 23.0 Å². The van der Waals surface area contributed by atoms with E-state index in [0.717, 1.165) is 31.2 Å². The quantitative estimate of drug-likeness (QED) is 0.822. The zero-order valence-electron chi connectivity index (χ0n) is 10.7. The van der Waals surface area contributed by atoms with E-state index in [-0.39, 0.29) is 22.2 Å². The first-order valence-electron chi connectivity index (χ1n) is 6.37. The van der Waals surface area contributed by atoms with Gasteiger partial charge in [-0.25, -0.2) is 4.98 Å². The fraction of sp³-hybridized carbons (Fsp3) is 0.385. The van der Waals surface area contributed by atoms with Gasteiger partial charge in [-0.1, -0.05) is 0 Å². The Morgan fingerprint density at radius 2 is 2.14 bits per heavy atom. The van der Waals surface area contributed by atoms with Crippen LogP contribution in [-0.4, -0.2) is 22.6 Å². The van der Waals surface area contributed by atoms with Gasteiger partial charge in [-0.3, -0.25) is 9.36 Å². The summed E-state index contributed by atoms with van der Waals surface area (Å²) in [5.74, 6) is 0. The molecule has 112 valence electrons. The highest BCUT2D eigenvalue weighted by Crippen LogP contribution is 2.31. The molecule has 0 saturated carbocycles. The van der Waals surface area contributed by atoms with Gasteiger partial charge in [-0.15, -0.1) is 0 Å². The Morgan fingerprint density at radius 1 is 1.38 bits per heavy atom. The minimum absolute atomic E-state index is 0.0398. The van der Waals surface area contributed by atoms with Crippen LogP contribution in [0, 0.1) is 0 Å². The molecule has 1 aliphatic heterocycles. The van der Waals surface area contributed by atoms with Crippen molar-refractivity contribution in [2.75, 3.05) is 13.1 Å². The van der Waals surface area contributed by atoms with E-state index < -0.39 is 17.3 Å². The summed E-state index contributed by atoms with van der Waals surface area (Å²) in [7, 11) is 0. The molecule has 2 heterocycles. The Hall–Kier alpha value is -1.60. The molecular formula is C13H11ClF3N3O. The lowest BCUT2D eigenvalue weighted by Gasteiger charge is -2.15. The number of benzene rings is 1. The molecule has 1 unspecified atom stereocenters. The average molecular weight is 318 g/mol. The lowest BCUT2D eigenvalue weighted by atomic mass is 10.1. The van der Waals surface area contributed by atoms with Gasteiger partial charge in [0, 0.05) is 6.54 Å². The molecule has 21 heavy (non-hydrogen) atoms. The lowest BCUT2D eigenvalue weighted by Crippen LogP contribution is -2.28. The third kappa shape index (κ3) is 2.51. The molecule has 0 spiro atoms. The second kappa shape index (κ2) is 4.99. The monoisotopic (exact) mass is 317 g/mol. The fourth-order valence-electron chi connectivity index (χ4n) is 2.52. The molecule has 1 N–H and O–H groups in total. The summed E-state index contributed by atoms with van der Waals surface area (Å²) in [6, 6.07) is 2.77. The molecule has 0 radical (unpaired) electrons. The second-order valence-electron chi connectivity index (χ2n) is 4.93. The highest BCUT2D eigenvalue weighted by Gasteiger charge is 2.31. The highest BCUT2D eigenvalue weighted by atomic mass is 35.5. The van der Waals surface area contributed by atoms with Gasteiger partial charge >= 0.3 is 6.18 Å². The summed E-state index contributed by atoms with van der Waals surface area (Å²) in [5.41, 5.74) is -1.30. The first kappa shape index (κ1) is 14.3. The molecule has 1 saturated heterocycles. The number of aromatic nitrogens is 2. The Morgan fingerprint density at radius 3 is 2.76 bits per heavy atom. The van der Waals surface area contributed by atoms with E-state index in [4.69, 9.17) is 11.6 Å². The fourth-order valence-corrected chi connectivity index (χ4v) is 2.83. The second-order valence-corrected chi connectivity index (χ2v) is 5.27. The van der Waals surface area contributed by atoms with E-state index in [2.05, 4.69) is 10.3 Å². The normalized spacial score (nSPS) is 19.3. The predicted molar refractivity (Wildman–Crippen MR) is 72.5 cm³/mol. The molecule has 4 nitrogen and oxygen atoms in total. The summed E-state index contributed by atoms with van der Waals surface area (Å²) in [5, 5.41) is 3.16. The SMILES string of the molecule is O=c1c2ccc(C(F)(F)F)cc2nc(Cl)n1C1CCNC1. The van der Waals surface area contributed by atoms with Crippen molar-refractivity contribution in [2.45, 2.75) is 18.6 Å². The van der Waals surface area contributed by atoms with Crippen molar-refractivity contribution in [1.82, 2.24) is 14.9 Å². The predicted octanol–water partition coefficient (Wildman–Crippen LogP) is 2.60. The van der Waals surface area contributed by atoms with E-state index in [0.29, 0.717) is 6.54 Å². The topological polar surface area (TPSA) is 46.9 Å². The third-order valence-electron chi connectivity index (χ3n) is 3.59. The molecule has 8 heteroatoms. The van der Waals surface area contributed by atoms with Gasteiger partial charge in [0.05, 0.1) is 22.5 Å². The van der Waals surface area contributed by atoms with E-state index in [1.165, 1.54) is 4.57 Å². The molecule has 1 aromatic carbocycles. The Balaban J connectivity index is 2.20. The third-order valence-corrected chi connectivity index (χ3v) is 3.85. The zero-order valence-corrected chi connectivity index (χ0v) is 11.5. The number of halogens is 4. The van der Waals surface area contributed by atoms with Crippen molar-refractivity contribution in [3.05, 3.63) is 39.4 Å². The summed E-state index contributed by atoms with van der Waals surface area (Å²) in [6.07, 6.45) is -3.75. The van der Waals surface area contributed by atoms with Crippen LogP contribution >= 0.6 is 11.6 Å². The highest BCUT2D eigenvalue weighted by molar-refractivity contribution is 6.28. The molecule has 2 aromatic rings. The van der Waals surface area contributed by atoms with Crippen molar-refractivity contribution in [3.63, 3.8) is 0 Å². The van der Waals surface area contributed by atoms with Gasteiger partial charge in [-0.05, 0) is 42.8 Å². The van der Waals surface area contributed by atoms with Crippen molar-refractivity contribution in [3.8, 4) is 0 Å². The van der Waals surface area contributed by atoms with Crippen LogP contribution in [0.4, 0.5) is 13.2 Å². The van der Waals surface area contributed by atoms with Crippen LogP contribution in [0.5, 0.6) is 0 Å². The van der Waals surface area contributed by atoms with E-state index in [1.54, 1.807) is 0 Å². The van der Waals surface area contributed by atoms with Crippen LogP contribution in [0.3, 0.4) is 0 Å². The summed E-state index contributed by atoms with van der Waals surface area (Å²) >= 11 is 6.00. The van der Waals surface area contributed by atoms with Crippen molar-refractivity contribution in [1.29, 1.82) is 0 Å². The summed E-state index contributed by atoms with van der Waals surface area (Å²) < 4.78 is 39.4. The van der Waals surface area contributed by atoms with Gasteiger partial charge in [0.15, 0.2) is 0 Å². The largest absolute Gasteiger partial charge is 0.416 e. The lowest BCUT2D eigenvalue weighted by molar-refractivity contribution is -0.137. The number of nitrogens with zero attached hydrogens (tertiary/aromatic N) is 2. The standard InChI is InChI=1S/C13H11ClF3N3O/c14-12-19-10-5-7(13(15,16)17)1-2-9(10)11(21)20(12)8-3-4-18-6-8/h1-2,5,8,18H,3-4,6H2. The summed E-state index contributed by atoms with van der Waals surface area (Å²) in [4.78, 5) is 16.4. The molecule has 1 aliphatic rings. The van der Waals surface area contributed by atoms with Crippen LogP contribution < -0.4 is 10.9 Å². The molecule has 1 fully saturated rings. The van der Waals surface area contributed by atoms with Crippen LogP contribution in [0.1, 0.15) is 18.0 Å². The number of hydrogen-bond acceptors (Lipinski definition) is 3. The molecule has 1 aromatic heterocycles. The number of alkyl halides is 3.